The molecule has 0 spiro atoms. The molecule has 1 N–H and O–H groups in total. The first-order chi connectivity index (χ1) is 16.6. The van der Waals surface area contributed by atoms with Crippen LogP contribution in [0, 0.1) is 0 Å². The van der Waals surface area contributed by atoms with Crippen LogP contribution in [-0.2, 0) is 17.6 Å². The summed E-state index contributed by atoms with van der Waals surface area (Å²) in [5.41, 5.74) is 6.06. The summed E-state index contributed by atoms with van der Waals surface area (Å²) in [4.78, 5) is 15.5. The van der Waals surface area contributed by atoms with Gasteiger partial charge in [-0.25, -0.2) is 0 Å². The lowest BCUT2D eigenvalue weighted by Crippen LogP contribution is -2.30. The van der Waals surface area contributed by atoms with Crippen molar-refractivity contribution in [1.29, 1.82) is 0 Å². The Morgan fingerprint density at radius 2 is 1.35 bits per heavy atom. The highest BCUT2D eigenvalue weighted by Crippen LogP contribution is 2.36. The number of carbonyl (C=O) groups excluding carboxylic acids is 1. The number of amides is 1. The molecule has 0 aliphatic carbocycles. The van der Waals surface area contributed by atoms with E-state index >= 15 is 0 Å². The van der Waals surface area contributed by atoms with Crippen LogP contribution < -0.4 is 10.2 Å². The molecule has 3 aromatic carbocycles. The zero-order valence-electron chi connectivity index (χ0n) is 20.1. The lowest BCUT2D eigenvalue weighted by atomic mass is 10.0. The topological polar surface area (TPSA) is 32.3 Å². The quantitative estimate of drug-likeness (QED) is 0.323. The molecule has 176 valence electrons. The van der Waals surface area contributed by atoms with Gasteiger partial charge in [0.15, 0.2) is 0 Å². The molecule has 1 atom stereocenters. The van der Waals surface area contributed by atoms with Crippen LogP contribution in [0.5, 0.6) is 0 Å². The van der Waals surface area contributed by atoms with E-state index in [4.69, 9.17) is 11.6 Å². The summed E-state index contributed by atoms with van der Waals surface area (Å²) in [6.45, 7) is 4.41. The van der Waals surface area contributed by atoms with Gasteiger partial charge in [-0.05, 0) is 84.8 Å². The summed E-state index contributed by atoms with van der Waals surface area (Å²) in [7, 11) is 0. The van der Waals surface area contributed by atoms with Crippen LogP contribution in [0.15, 0.2) is 84.6 Å². The highest BCUT2D eigenvalue weighted by Gasteiger charge is 2.34. The lowest BCUT2D eigenvalue weighted by Gasteiger charge is -2.25. The van der Waals surface area contributed by atoms with Gasteiger partial charge < -0.3 is 5.32 Å². The fraction of sp³-hybridized carbons (Fsp3) is 0.300. The Kier molecular flexibility index (Phi) is 8.08. The second kappa shape index (κ2) is 11.4. The summed E-state index contributed by atoms with van der Waals surface area (Å²) < 4.78 is 0. The first-order valence-corrected chi connectivity index (χ1v) is 12.7. The molecule has 0 radical (unpaired) electrons. The van der Waals surface area contributed by atoms with Crippen LogP contribution in [0.2, 0.25) is 5.02 Å². The number of nitrogens with one attached hydrogen (secondary N) is 1. The van der Waals surface area contributed by atoms with Crippen LogP contribution in [0.4, 0.5) is 11.4 Å². The van der Waals surface area contributed by atoms with Gasteiger partial charge >= 0.3 is 0 Å². The number of hydrogen-bond donors (Lipinski definition) is 1. The van der Waals surface area contributed by atoms with Gasteiger partial charge in [0.1, 0.15) is 5.70 Å². The normalized spacial score (nSPS) is 15.5. The number of nitrogens with zero attached hydrogens (tertiary/aromatic N) is 1. The van der Waals surface area contributed by atoms with E-state index in [-0.39, 0.29) is 11.9 Å². The predicted octanol–water partition coefficient (Wildman–Crippen LogP) is 8.11. The van der Waals surface area contributed by atoms with E-state index in [2.05, 4.69) is 67.7 Å². The Morgan fingerprint density at radius 3 is 1.91 bits per heavy atom. The Bertz CT molecular complexity index is 1120. The summed E-state index contributed by atoms with van der Waals surface area (Å²) in [5.74, 6) is -0.0312. The highest BCUT2D eigenvalue weighted by molar-refractivity contribution is 6.30. The molecule has 1 aliphatic heterocycles. The standard InChI is InChI=1S/C30H33ClN2O/c1-3-5-7-22-9-17-26(18-10-22)32-28-21-29(24-13-15-25(31)16-14-24)33(30(28)34)27-19-11-23(12-20-27)8-6-4-2/h9-21,29,32H,3-8H2,1-2H3/t29-/m1/s1. The van der Waals surface area contributed by atoms with Crippen molar-refractivity contribution in [2.24, 2.45) is 0 Å². The second-order valence-corrected chi connectivity index (χ2v) is 9.38. The largest absolute Gasteiger partial charge is 0.351 e. The van der Waals surface area contributed by atoms with Crippen LogP contribution in [0.3, 0.4) is 0 Å². The fourth-order valence-corrected chi connectivity index (χ4v) is 4.46. The van der Waals surface area contributed by atoms with E-state index in [0.717, 1.165) is 29.8 Å². The Hall–Kier alpha value is -3.04. The Labute approximate surface area is 208 Å². The third-order valence-electron chi connectivity index (χ3n) is 6.35. The smallest absolute Gasteiger partial charge is 0.275 e. The number of benzene rings is 3. The Balaban J connectivity index is 1.59. The van der Waals surface area contributed by atoms with Gasteiger partial charge in [0.2, 0.25) is 0 Å². The minimum Gasteiger partial charge on any atom is -0.351 e. The minimum atomic E-state index is -0.197. The summed E-state index contributed by atoms with van der Waals surface area (Å²) >= 11 is 6.13. The molecule has 0 saturated carbocycles. The number of anilines is 2. The monoisotopic (exact) mass is 472 g/mol. The van der Waals surface area contributed by atoms with E-state index in [9.17, 15) is 4.79 Å². The maximum atomic E-state index is 13.6. The van der Waals surface area contributed by atoms with E-state index in [1.807, 2.05) is 35.2 Å². The molecule has 1 amide bonds. The fourth-order valence-electron chi connectivity index (χ4n) is 4.33. The van der Waals surface area contributed by atoms with Crippen LogP contribution >= 0.6 is 11.6 Å². The molecular formula is C30H33ClN2O. The highest BCUT2D eigenvalue weighted by atomic mass is 35.5. The summed E-state index contributed by atoms with van der Waals surface area (Å²) in [6.07, 6.45) is 8.87. The van der Waals surface area contributed by atoms with E-state index < -0.39 is 0 Å². The average Bonchev–Trinajstić information content (AvgIpc) is 3.18. The number of rotatable bonds is 10. The van der Waals surface area contributed by atoms with Crippen molar-refractivity contribution in [2.75, 3.05) is 10.2 Å². The molecule has 34 heavy (non-hydrogen) atoms. The summed E-state index contributed by atoms with van der Waals surface area (Å²) in [6, 6.07) is 24.3. The van der Waals surface area contributed by atoms with Crippen molar-refractivity contribution < 1.29 is 4.79 Å². The van der Waals surface area contributed by atoms with E-state index in [0.29, 0.717) is 10.7 Å². The molecule has 0 aromatic heterocycles. The van der Waals surface area contributed by atoms with Gasteiger partial charge in [-0.2, -0.15) is 0 Å². The molecule has 1 aliphatic rings. The van der Waals surface area contributed by atoms with Crippen LogP contribution in [-0.4, -0.2) is 5.91 Å². The second-order valence-electron chi connectivity index (χ2n) is 8.95. The van der Waals surface area contributed by atoms with Crippen molar-refractivity contribution in [1.82, 2.24) is 0 Å². The first-order valence-electron chi connectivity index (χ1n) is 12.3. The van der Waals surface area contributed by atoms with Gasteiger partial charge in [0, 0.05) is 16.4 Å². The van der Waals surface area contributed by atoms with Gasteiger partial charge in [-0.15, -0.1) is 0 Å². The maximum absolute atomic E-state index is 13.6. The number of halogens is 1. The number of aryl methyl sites for hydroxylation is 2. The number of carbonyl (C=O) groups is 1. The molecule has 4 heteroatoms. The molecule has 0 saturated heterocycles. The third-order valence-corrected chi connectivity index (χ3v) is 6.60. The molecular weight excluding hydrogens is 440 g/mol. The van der Waals surface area contributed by atoms with Gasteiger partial charge in [0.05, 0.1) is 6.04 Å². The number of hydrogen-bond acceptors (Lipinski definition) is 2. The Morgan fingerprint density at radius 1 is 0.794 bits per heavy atom. The molecule has 0 unspecified atom stereocenters. The molecule has 1 heterocycles. The van der Waals surface area contributed by atoms with E-state index in [1.165, 1.54) is 36.8 Å². The van der Waals surface area contributed by atoms with Gasteiger partial charge in [0.25, 0.3) is 5.91 Å². The molecule has 0 bridgehead atoms. The first kappa shape index (κ1) is 24.1. The van der Waals surface area contributed by atoms with Crippen molar-refractivity contribution in [3.63, 3.8) is 0 Å². The zero-order chi connectivity index (χ0) is 23.9. The van der Waals surface area contributed by atoms with Crippen molar-refractivity contribution >= 4 is 28.9 Å². The van der Waals surface area contributed by atoms with Crippen LogP contribution in [0.25, 0.3) is 0 Å². The molecule has 3 nitrogen and oxygen atoms in total. The molecule has 4 rings (SSSR count). The molecule has 0 fully saturated rings. The van der Waals surface area contributed by atoms with Crippen LogP contribution in [0.1, 0.15) is 62.3 Å². The van der Waals surface area contributed by atoms with Gasteiger partial charge in [-0.1, -0.05) is 74.7 Å². The molecule has 3 aromatic rings. The van der Waals surface area contributed by atoms with Crippen molar-refractivity contribution in [2.45, 2.75) is 58.4 Å². The van der Waals surface area contributed by atoms with E-state index in [1.54, 1.807) is 0 Å². The minimum absolute atomic E-state index is 0.0312. The lowest BCUT2D eigenvalue weighted by molar-refractivity contribution is -0.114. The summed E-state index contributed by atoms with van der Waals surface area (Å²) in [5, 5.41) is 4.05. The SMILES string of the molecule is CCCCc1ccc(NC2=C[C@H](c3ccc(Cl)cc3)N(c3ccc(CCCC)cc3)C2=O)cc1. The van der Waals surface area contributed by atoms with Gasteiger partial charge in [-0.3, -0.25) is 9.69 Å². The van der Waals surface area contributed by atoms with Crippen molar-refractivity contribution in [3.05, 3.63) is 106 Å². The average molecular weight is 473 g/mol. The zero-order valence-corrected chi connectivity index (χ0v) is 20.8. The third kappa shape index (κ3) is 5.71. The number of unbranched alkanes of at least 4 members (excludes halogenated alkanes) is 2. The maximum Gasteiger partial charge on any atom is 0.275 e. The van der Waals surface area contributed by atoms with Crippen molar-refractivity contribution in [3.8, 4) is 0 Å². The predicted molar refractivity (Wildman–Crippen MR) is 143 cm³/mol.